The van der Waals surface area contributed by atoms with Crippen molar-refractivity contribution in [1.29, 1.82) is 0 Å². The Labute approximate surface area is 151 Å². The number of benzene rings is 1. The number of amides is 1. The average Bonchev–Trinajstić information content (AvgIpc) is 3.29. The number of carbonyl (C=O) groups excluding carboxylic acids is 1. The van der Waals surface area contributed by atoms with E-state index in [9.17, 15) is 22.8 Å². The summed E-state index contributed by atoms with van der Waals surface area (Å²) in [6.07, 6.45) is -3.53. The minimum Gasteiger partial charge on any atom is -0.478 e. The second kappa shape index (κ2) is 7.03. The van der Waals surface area contributed by atoms with Gasteiger partial charge in [0.15, 0.2) is 5.69 Å². The third kappa shape index (κ3) is 3.65. The minimum absolute atomic E-state index is 0.00164. The number of ether oxygens (including phenoxy) is 1. The zero-order valence-corrected chi connectivity index (χ0v) is 14.2. The fourth-order valence-corrected chi connectivity index (χ4v) is 2.92. The highest BCUT2D eigenvalue weighted by atomic mass is 19.4. The first-order valence-corrected chi connectivity index (χ1v) is 8.04. The first-order valence-electron chi connectivity index (χ1n) is 8.04. The summed E-state index contributed by atoms with van der Waals surface area (Å²) in [5.41, 5.74) is -2.02. The molecule has 0 aliphatic carbocycles. The normalized spacial score (nSPS) is 17.1. The van der Waals surface area contributed by atoms with E-state index in [-0.39, 0.29) is 17.6 Å². The molecule has 1 N–H and O–H groups in total. The van der Waals surface area contributed by atoms with E-state index in [1.54, 1.807) is 11.9 Å². The summed E-state index contributed by atoms with van der Waals surface area (Å²) >= 11 is 0. The number of hydrogen-bond donors (Lipinski definition) is 1. The largest absolute Gasteiger partial charge is 0.478 e. The lowest BCUT2D eigenvalue weighted by Crippen LogP contribution is -2.37. The average molecular weight is 383 g/mol. The summed E-state index contributed by atoms with van der Waals surface area (Å²) in [4.78, 5) is 25.1. The molecule has 1 amide bonds. The lowest BCUT2D eigenvalue weighted by molar-refractivity contribution is -0.143. The van der Waals surface area contributed by atoms with Crippen LogP contribution >= 0.6 is 0 Å². The molecule has 27 heavy (non-hydrogen) atoms. The molecule has 1 aromatic carbocycles. The van der Waals surface area contributed by atoms with E-state index in [0.29, 0.717) is 29.7 Å². The molecular weight excluding hydrogens is 367 g/mol. The smallest absolute Gasteiger partial charge is 0.434 e. The van der Waals surface area contributed by atoms with Crippen molar-refractivity contribution < 1.29 is 32.6 Å². The molecule has 0 saturated carbocycles. The molecule has 3 rings (SSSR count). The number of aromatic nitrogens is 2. The second-order valence-corrected chi connectivity index (χ2v) is 6.10. The van der Waals surface area contributed by atoms with Crippen molar-refractivity contribution in [3.63, 3.8) is 0 Å². The Balaban J connectivity index is 1.90. The summed E-state index contributed by atoms with van der Waals surface area (Å²) in [6, 6.07) is 5.30. The van der Waals surface area contributed by atoms with Gasteiger partial charge >= 0.3 is 12.1 Å². The summed E-state index contributed by atoms with van der Waals surface area (Å²) < 4.78 is 45.6. The van der Waals surface area contributed by atoms with Crippen LogP contribution in [0.5, 0.6) is 0 Å². The van der Waals surface area contributed by atoms with Crippen LogP contribution in [0.3, 0.4) is 0 Å². The van der Waals surface area contributed by atoms with Gasteiger partial charge in [-0.05, 0) is 30.7 Å². The third-order valence-corrected chi connectivity index (χ3v) is 4.40. The number of halogens is 3. The quantitative estimate of drug-likeness (QED) is 0.877. The summed E-state index contributed by atoms with van der Waals surface area (Å²) in [6.45, 7) is 1.02. The van der Waals surface area contributed by atoms with Gasteiger partial charge < -0.3 is 14.7 Å². The molecule has 7 nitrogen and oxygen atoms in total. The zero-order chi connectivity index (χ0) is 19.8. The number of hydrogen-bond acceptors (Lipinski definition) is 4. The molecule has 1 fully saturated rings. The molecule has 1 atom stereocenters. The van der Waals surface area contributed by atoms with Gasteiger partial charge in [0.2, 0.25) is 0 Å². The van der Waals surface area contributed by atoms with Gasteiger partial charge in [0.05, 0.1) is 24.5 Å². The highest BCUT2D eigenvalue weighted by Gasteiger charge is 2.40. The van der Waals surface area contributed by atoms with E-state index in [0.717, 1.165) is 6.42 Å². The van der Waals surface area contributed by atoms with Crippen LogP contribution in [0.25, 0.3) is 5.69 Å². The Bertz CT molecular complexity index is 855. The van der Waals surface area contributed by atoms with E-state index in [1.807, 2.05) is 0 Å². The fourth-order valence-electron chi connectivity index (χ4n) is 2.92. The van der Waals surface area contributed by atoms with E-state index in [4.69, 9.17) is 9.84 Å². The van der Waals surface area contributed by atoms with Gasteiger partial charge in [-0.15, -0.1) is 0 Å². The predicted molar refractivity (Wildman–Crippen MR) is 86.8 cm³/mol. The van der Waals surface area contributed by atoms with Gasteiger partial charge in [-0.1, -0.05) is 0 Å². The number of nitrogens with zero attached hydrogens (tertiary/aromatic N) is 3. The second-order valence-electron chi connectivity index (χ2n) is 6.10. The maximum Gasteiger partial charge on any atom is 0.434 e. The number of likely N-dealkylation sites (N-methyl/N-ethyl adjacent to an activating group) is 1. The molecular formula is C17H16F3N3O4. The summed E-state index contributed by atoms with van der Waals surface area (Å²) in [5, 5.41) is 12.5. The van der Waals surface area contributed by atoms with Crippen molar-refractivity contribution >= 4 is 11.9 Å². The SMILES string of the molecule is CN(C(=O)c1ccc(-n2ncc(C(=O)O)c2C(F)(F)F)cc1)C1CCOC1. The van der Waals surface area contributed by atoms with Crippen molar-refractivity contribution in [3.8, 4) is 5.69 Å². The van der Waals surface area contributed by atoms with Gasteiger partial charge in [0.1, 0.15) is 5.56 Å². The number of carboxylic acid groups (broad SMARTS) is 1. The molecule has 2 aromatic rings. The van der Waals surface area contributed by atoms with Crippen LogP contribution in [0, 0.1) is 0 Å². The lowest BCUT2D eigenvalue weighted by Gasteiger charge is -2.23. The Kier molecular flexibility index (Phi) is 4.92. The third-order valence-electron chi connectivity index (χ3n) is 4.40. The van der Waals surface area contributed by atoms with Gasteiger partial charge in [-0.2, -0.15) is 18.3 Å². The van der Waals surface area contributed by atoms with Gasteiger partial charge in [0.25, 0.3) is 5.91 Å². The van der Waals surface area contributed by atoms with E-state index in [1.165, 1.54) is 24.3 Å². The van der Waals surface area contributed by atoms with Crippen molar-refractivity contribution in [3.05, 3.63) is 47.3 Å². The number of aromatic carboxylic acids is 1. The van der Waals surface area contributed by atoms with Crippen LogP contribution in [0.1, 0.15) is 32.8 Å². The Morgan fingerprint density at radius 2 is 1.96 bits per heavy atom. The Morgan fingerprint density at radius 3 is 2.48 bits per heavy atom. The van der Waals surface area contributed by atoms with Crippen LogP contribution in [-0.2, 0) is 10.9 Å². The van der Waals surface area contributed by atoms with Crippen LogP contribution in [0.4, 0.5) is 13.2 Å². The van der Waals surface area contributed by atoms with E-state index < -0.39 is 23.4 Å². The van der Waals surface area contributed by atoms with E-state index >= 15 is 0 Å². The maximum absolute atomic E-state index is 13.3. The number of rotatable bonds is 4. The molecule has 0 bridgehead atoms. The molecule has 0 spiro atoms. The molecule has 1 unspecified atom stereocenters. The fraction of sp³-hybridized carbons (Fsp3) is 0.353. The van der Waals surface area contributed by atoms with Crippen LogP contribution in [-0.4, -0.2) is 58.0 Å². The van der Waals surface area contributed by atoms with Crippen molar-refractivity contribution in [2.75, 3.05) is 20.3 Å². The molecule has 0 radical (unpaired) electrons. The Morgan fingerprint density at radius 1 is 1.30 bits per heavy atom. The summed E-state index contributed by atoms with van der Waals surface area (Å²) in [5.74, 6) is -2.00. The topological polar surface area (TPSA) is 84.7 Å². The molecule has 1 saturated heterocycles. The minimum atomic E-state index is -4.90. The highest BCUT2D eigenvalue weighted by molar-refractivity contribution is 5.94. The first-order chi connectivity index (χ1) is 12.7. The van der Waals surface area contributed by atoms with Crippen LogP contribution < -0.4 is 0 Å². The highest BCUT2D eigenvalue weighted by Crippen LogP contribution is 2.33. The monoisotopic (exact) mass is 383 g/mol. The first kappa shape index (κ1) is 18.9. The number of carboxylic acids is 1. The van der Waals surface area contributed by atoms with Crippen LogP contribution in [0.2, 0.25) is 0 Å². The Hall–Kier alpha value is -2.88. The standard InChI is InChI=1S/C17H16F3N3O4/c1-22(12-6-7-27-9-12)15(24)10-2-4-11(5-3-10)23-14(17(18,19)20)13(8-21-23)16(25)26/h2-5,8,12H,6-7,9H2,1H3,(H,25,26). The predicted octanol–water partition coefficient (Wildman–Crippen LogP) is 2.45. The van der Waals surface area contributed by atoms with Gasteiger partial charge in [-0.25, -0.2) is 9.48 Å². The van der Waals surface area contributed by atoms with Crippen molar-refractivity contribution in [1.82, 2.24) is 14.7 Å². The summed E-state index contributed by atoms with van der Waals surface area (Å²) in [7, 11) is 1.64. The zero-order valence-electron chi connectivity index (χ0n) is 14.2. The molecule has 10 heteroatoms. The maximum atomic E-state index is 13.3. The number of alkyl halides is 3. The van der Waals surface area contributed by atoms with E-state index in [2.05, 4.69) is 5.10 Å². The number of carbonyl (C=O) groups is 2. The molecule has 1 aliphatic rings. The molecule has 1 aromatic heterocycles. The lowest BCUT2D eigenvalue weighted by atomic mass is 10.1. The van der Waals surface area contributed by atoms with Gasteiger partial charge in [0, 0.05) is 19.2 Å². The van der Waals surface area contributed by atoms with Crippen LogP contribution in [0.15, 0.2) is 30.5 Å². The molecule has 144 valence electrons. The molecule has 2 heterocycles. The molecule has 1 aliphatic heterocycles. The van der Waals surface area contributed by atoms with Crippen molar-refractivity contribution in [2.24, 2.45) is 0 Å². The van der Waals surface area contributed by atoms with Crippen molar-refractivity contribution in [2.45, 2.75) is 18.6 Å². The van der Waals surface area contributed by atoms with Gasteiger partial charge in [-0.3, -0.25) is 4.79 Å².